The number of fused-ring (bicyclic) bond motifs is 2. The third kappa shape index (κ3) is 5.36. The van der Waals surface area contributed by atoms with Gasteiger partial charge in [-0.3, -0.25) is 19.6 Å². The number of carbonyl (C=O) groups is 1. The van der Waals surface area contributed by atoms with Gasteiger partial charge in [0, 0.05) is 38.3 Å². The average molecular weight is 447 g/mol. The van der Waals surface area contributed by atoms with Gasteiger partial charge in [-0.15, -0.1) is 0 Å². The topological polar surface area (TPSA) is 39.2 Å². The van der Waals surface area contributed by atoms with Crippen LogP contribution in [0.15, 0.2) is 70.9 Å². The molecule has 0 aliphatic carbocycles. The zero-order valence-electron chi connectivity index (χ0n) is 20.8. The van der Waals surface area contributed by atoms with Crippen LogP contribution in [0.25, 0.3) is 0 Å². The highest BCUT2D eigenvalue weighted by atomic mass is 16.2. The average Bonchev–Trinajstić information content (AvgIpc) is 3.36. The number of amides is 1. The summed E-state index contributed by atoms with van der Waals surface area (Å²) in [4.78, 5) is 24.8. The van der Waals surface area contributed by atoms with Gasteiger partial charge in [0.05, 0.1) is 18.7 Å². The summed E-state index contributed by atoms with van der Waals surface area (Å²) in [7, 11) is 0. The van der Waals surface area contributed by atoms with Crippen molar-refractivity contribution in [3.8, 4) is 0 Å². The van der Waals surface area contributed by atoms with Gasteiger partial charge in [-0.25, -0.2) is 0 Å². The molecule has 0 atom stereocenters. The molecule has 0 fully saturated rings. The molecule has 0 radical (unpaired) electrons. The van der Waals surface area contributed by atoms with Crippen molar-refractivity contribution in [2.75, 3.05) is 26.2 Å². The first-order chi connectivity index (χ1) is 16.2. The number of rotatable bonds is 4. The third-order valence-corrected chi connectivity index (χ3v) is 6.12. The van der Waals surface area contributed by atoms with Crippen LogP contribution >= 0.6 is 0 Å². The van der Waals surface area contributed by atoms with Gasteiger partial charge in [-0.1, -0.05) is 82.3 Å². The monoisotopic (exact) mass is 446 g/mol. The Bertz CT molecular complexity index is 996. The summed E-state index contributed by atoms with van der Waals surface area (Å²) in [5.41, 5.74) is 5.81. The van der Waals surface area contributed by atoms with Crippen molar-refractivity contribution in [3.05, 3.63) is 82.6 Å². The summed E-state index contributed by atoms with van der Waals surface area (Å²) in [6, 6.07) is 18.8. The van der Waals surface area contributed by atoms with E-state index in [0.717, 1.165) is 44.1 Å². The predicted molar refractivity (Wildman–Crippen MR) is 137 cm³/mol. The molecule has 5 nitrogen and oxygen atoms in total. The summed E-state index contributed by atoms with van der Waals surface area (Å²) >= 11 is 0. The van der Waals surface area contributed by atoms with E-state index in [2.05, 4.69) is 53.1 Å². The van der Waals surface area contributed by atoms with Crippen molar-refractivity contribution in [2.45, 2.75) is 54.1 Å². The fraction of sp³-hybridized carbons (Fsp3) is 0.429. The van der Waals surface area contributed by atoms with E-state index in [1.165, 1.54) is 22.4 Å². The van der Waals surface area contributed by atoms with Gasteiger partial charge < -0.3 is 4.90 Å². The van der Waals surface area contributed by atoms with Gasteiger partial charge in [0.15, 0.2) is 0 Å². The molecular formula is C28H38N4O. The van der Waals surface area contributed by atoms with Gasteiger partial charge in [0.2, 0.25) is 5.96 Å². The summed E-state index contributed by atoms with van der Waals surface area (Å²) in [6.07, 6.45) is 0.908. The molecule has 33 heavy (non-hydrogen) atoms. The Balaban J connectivity index is 0.000000728. The molecule has 0 saturated heterocycles. The number of carbonyl (C=O) groups excluding carboxylic acids is 1. The molecule has 3 heterocycles. The molecule has 3 aliphatic heterocycles. The number of hydrogen-bond acceptors (Lipinski definition) is 4. The highest BCUT2D eigenvalue weighted by Gasteiger charge is 2.40. The molecule has 0 aromatic heterocycles. The van der Waals surface area contributed by atoms with Crippen molar-refractivity contribution in [1.82, 2.24) is 14.7 Å². The highest BCUT2D eigenvalue weighted by molar-refractivity contribution is 6.09. The summed E-state index contributed by atoms with van der Waals surface area (Å²) in [5, 5.41) is 0. The lowest BCUT2D eigenvalue weighted by molar-refractivity contribution is -0.125. The zero-order chi connectivity index (χ0) is 23.8. The molecule has 176 valence electrons. The summed E-state index contributed by atoms with van der Waals surface area (Å²) in [5.74, 6) is 0.964. The van der Waals surface area contributed by atoms with Crippen LogP contribution in [0.2, 0.25) is 0 Å². The van der Waals surface area contributed by atoms with E-state index in [9.17, 15) is 4.79 Å². The molecule has 2 aromatic rings. The molecule has 0 unspecified atom stereocenters. The number of nitrogens with zero attached hydrogens (tertiary/aromatic N) is 4. The first-order valence-corrected chi connectivity index (χ1v) is 12.4. The lowest BCUT2D eigenvalue weighted by Crippen LogP contribution is -2.53. The SMILES string of the molecule is CC.CC.Cc1ccccc1CN1C(=O)C2=C(CCN(Cc3ccccc3)C2)N2CCN=C12. The second-order valence-electron chi connectivity index (χ2n) is 8.02. The number of aliphatic imine (C=N–C) groups is 1. The molecular weight excluding hydrogens is 408 g/mol. The first kappa shape index (κ1) is 24.7. The van der Waals surface area contributed by atoms with Gasteiger partial charge in [0.1, 0.15) is 0 Å². The Hall–Kier alpha value is -2.92. The second-order valence-corrected chi connectivity index (χ2v) is 8.02. The Kier molecular flexibility index (Phi) is 8.84. The largest absolute Gasteiger partial charge is 0.314 e. The van der Waals surface area contributed by atoms with E-state index >= 15 is 0 Å². The highest BCUT2D eigenvalue weighted by Crippen LogP contribution is 2.32. The lowest BCUT2D eigenvalue weighted by atomic mass is 9.99. The minimum atomic E-state index is 0.123. The maximum absolute atomic E-state index is 13.5. The van der Waals surface area contributed by atoms with Crippen molar-refractivity contribution in [3.63, 3.8) is 0 Å². The minimum absolute atomic E-state index is 0.123. The normalized spacial score (nSPS) is 17.4. The fourth-order valence-electron chi connectivity index (χ4n) is 4.55. The fourth-order valence-corrected chi connectivity index (χ4v) is 4.55. The molecule has 5 rings (SSSR count). The van der Waals surface area contributed by atoms with Crippen LogP contribution in [-0.2, 0) is 17.9 Å². The van der Waals surface area contributed by atoms with E-state index in [-0.39, 0.29) is 5.91 Å². The molecule has 3 aliphatic rings. The molecule has 5 heteroatoms. The smallest absolute Gasteiger partial charge is 0.259 e. The minimum Gasteiger partial charge on any atom is -0.314 e. The number of hydrogen-bond donors (Lipinski definition) is 0. The van der Waals surface area contributed by atoms with Crippen LogP contribution < -0.4 is 0 Å². The third-order valence-electron chi connectivity index (χ3n) is 6.12. The van der Waals surface area contributed by atoms with E-state index in [1.807, 2.05) is 50.8 Å². The maximum Gasteiger partial charge on any atom is 0.259 e. The summed E-state index contributed by atoms with van der Waals surface area (Å²) in [6.45, 7) is 14.9. The second kappa shape index (κ2) is 11.8. The lowest BCUT2D eigenvalue weighted by Gasteiger charge is -2.42. The molecule has 0 N–H and O–H groups in total. The first-order valence-electron chi connectivity index (χ1n) is 12.4. The Morgan fingerprint density at radius 2 is 1.58 bits per heavy atom. The summed E-state index contributed by atoms with van der Waals surface area (Å²) < 4.78 is 0. The van der Waals surface area contributed by atoms with Gasteiger partial charge in [0.25, 0.3) is 5.91 Å². The van der Waals surface area contributed by atoms with E-state index in [1.54, 1.807) is 0 Å². The number of benzene rings is 2. The van der Waals surface area contributed by atoms with Crippen LogP contribution in [0.5, 0.6) is 0 Å². The Labute approximate surface area is 199 Å². The standard InChI is InChI=1S/C24H26N4O.2C2H6/c1-18-7-5-6-10-20(18)16-28-23(29)21-17-26(15-19-8-3-2-4-9-19)13-11-22(21)27-14-12-25-24(27)28;2*1-2/h2-10H,11-17H2,1H3;2*1-2H3. The molecule has 0 spiro atoms. The quantitative estimate of drug-likeness (QED) is 0.646. The molecule has 0 bridgehead atoms. The molecule has 0 saturated carbocycles. The molecule has 1 amide bonds. The van der Waals surface area contributed by atoms with E-state index in [0.29, 0.717) is 13.1 Å². The van der Waals surface area contributed by atoms with Gasteiger partial charge in [-0.2, -0.15) is 0 Å². The van der Waals surface area contributed by atoms with Gasteiger partial charge >= 0.3 is 0 Å². The zero-order valence-corrected chi connectivity index (χ0v) is 20.8. The van der Waals surface area contributed by atoms with Crippen LogP contribution in [0.3, 0.4) is 0 Å². The van der Waals surface area contributed by atoms with Crippen molar-refractivity contribution in [1.29, 1.82) is 0 Å². The van der Waals surface area contributed by atoms with Crippen molar-refractivity contribution >= 4 is 11.9 Å². The number of guanidine groups is 1. The van der Waals surface area contributed by atoms with Crippen LogP contribution in [0.1, 0.15) is 50.8 Å². The van der Waals surface area contributed by atoms with E-state index < -0.39 is 0 Å². The van der Waals surface area contributed by atoms with Crippen molar-refractivity contribution in [2.24, 2.45) is 4.99 Å². The molecule has 2 aromatic carbocycles. The van der Waals surface area contributed by atoms with Crippen LogP contribution in [-0.4, -0.2) is 52.7 Å². The van der Waals surface area contributed by atoms with Gasteiger partial charge in [-0.05, 0) is 23.6 Å². The van der Waals surface area contributed by atoms with Crippen LogP contribution in [0.4, 0.5) is 0 Å². The maximum atomic E-state index is 13.5. The predicted octanol–water partition coefficient (Wildman–Crippen LogP) is 5.22. The van der Waals surface area contributed by atoms with Crippen LogP contribution in [0, 0.1) is 6.92 Å². The Morgan fingerprint density at radius 3 is 2.30 bits per heavy atom. The van der Waals surface area contributed by atoms with E-state index in [4.69, 9.17) is 4.99 Å². The van der Waals surface area contributed by atoms with Crippen molar-refractivity contribution < 1.29 is 4.79 Å². The number of aryl methyl sites for hydroxylation is 1. The Morgan fingerprint density at radius 1 is 0.879 bits per heavy atom.